The average molecular weight is 306 g/mol. The summed E-state index contributed by atoms with van der Waals surface area (Å²) in [5, 5.41) is 0. The lowest BCUT2D eigenvalue weighted by Crippen LogP contribution is -2.31. The van der Waals surface area contributed by atoms with Crippen LogP contribution in [0.25, 0.3) is 16.9 Å². The summed E-state index contributed by atoms with van der Waals surface area (Å²) in [4.78, 5) is 11.9. The summed E-state index contributed by atoms with van der Waals surface area (Å²) in [5.41, 5.74) is 3.09. The molecule has 3 aromatic rings. The number of imidazole rings is 1. The number of hydrogen-bond donors (Lipinski definition) is 0. The Kier molecular flexibility index (Phi) is 3.83. The maximum Gasteiger partial charge on any atom is 0.164 e. The van der Waals surface area contributed by atoms with Gasteiger partial charge in [0.25, 0.3) is 0 Å². The van der Waals surface area contributed by atoms with Gasteiger partial charge in [0.2, 0.25) is 0 Å². The van der Waals surface area contributed by atoms with Crippen LogP contribution in [0.4, 0.5) is 0 Å². The minimum absolute atomic E-state index is 0.713. The smallest absolute Gasteiger partial charge is 0.164 e. The van der Waals surface area contributed by atoms with Crippen molar-refractivity contribution in [2.24, 2.45) is 5.92 Å². The van der Waals surface area contributed by atoms with Crippen molar-refractivity contribution in [3.05, 3.63) is 54.5 Å². The van der Waals surface area contributed by atoms with E-state index in [1.54, 1.807) is 0 Å². The van der Waals surface area contributed by atoms with Crippen LogP contribution in [0.15, 0.2) is 48.7 Å². The number of nitrogens with zero attached hydrogens (tertiary/aromatic N) is 4. The van der Waals surface area contributed by atoms with Crippen LogP contribution in [0.5, 0.6) is 0 Å². The van der Waals surface area contributed by atoms with Crippen LogP contribution in [0.2, 0.25) is 0 Å². The topological polar surface area (TPSA) is 34.0 Å². The third-order valence-electron chi connectivity index (χ3n) is 4.81. The quantitative estimate of drug-likeness (QED) is 0.744. The maximum atomic E-state index is 4.89. The van der Waals surface area contributed by atoms with E-state index in [0.717, 1.165) is 29.1 Å². The molecule has 0 bridgehead atoms. The van der Waals surface area contributed by atoms with E-state index in [2.05, 4.69) is 51.8 Å². The summed E-state index contributed by atoms with van der Waals surface area (Å²) >= 11 is 0. The Morgan fingerprint density at radius 2 is 1.83 bits per heavy atom. The largest absolute Gasteiger partial charge is 0.306 e. The first-order valence-corrected chi connectivity index (χ1v) is 8.37. The van der Waals surface area contributed by atoms with Crippen molar-refractivity contribution < 1.29 is 0 Å². The number of pyridine rings is 1. The predicted molar refractivity (Wildman–Crippen MR) is 92.8 cm³/mol. The lowest BCUT2D eigenvalue weighted by molar-refractivity contribution is 0.217. The molecule has 0 amide bonds. The molecule has 23 heavy (non-hydrogen) atoms. The minimum atomic E-state index is 0.713. The summed E-state index contributed by atoms with van der Waals surface area (Å²) in [6.07, 6.45) is 5.38. The van der Waals surface area contributed by atoms with E-state index in [9.17, 15) is 0 Å². The van der Waals surface area contributed by atoms with Crippen molar-refractivity contribution in [1.29, 1.82) is 0 Å². The van der Waals surface area contributed by atoms with Crippen molar-refractivity contribution in [2.45, 2.75) is 19.3 Å². The number of benzene rings is 1. The summed E-state index contributed by atoms with van der Waals surface area (Å²) in [7, 11) is 2.21. The zero-order chi connectivity index (χ0) is 15.6. The van der Waals surface area contributed by atoms with Gasteiger partial charge in [-0.1, -0.05) is 18.2 Å². The van der Waals surface area contributed by atoms with Gasteiger partial charge in [-0.15, -0.1) is 0 Å². The standard InChI is InChI=1S/C19H22N4/c1-22-12-9-15(10-13-22)14-18-21-17-8-5-11-20-19(17)23(18)16-6-3-2-4-7-16/h2-8,11,15H,9-10,12-14H2,1H3. The van der Waals surface area contributed by atoms with E-state index in [1.165, 1.54) is 25.9 Å². The lowest BCUT2D eigenvalue weighted by atomic mass is 9.93. The molecule has 118 valence electrons. The number of fused-ring (bicyclic) bond motifs is 1. The van der Waals surface area contributed by atoms with Crippen LogP contribution in [-0.4, -0.2) is 39.6 Å². The molecular weight excluding hydrogens is 284 g/mol. The van der Waals surface area contributed by atoms with Crippen LogP contribution in [0.1, 0.15) is 18.7 Å². The Bertz CT molecular complexity index is 785. The van der Waals surface area contributed by atoms with Gasteiger partial charge in [-0.3, -0.25) is 4.57 Å². The maximum absolute atomic E-state index is 4.89. The van der Waals surface area contributed by atoms with Gasteiger partial charge in [0, 0.05) is 18.3 Å². The average Bonchev–Trinajstić information content (AvgIpc) is 2.95. The van der Waals surface area contributed by atoms with Gasteiger partial charge in [0.15, 0.2) is 5.65 Å². The van der Waals surface area contributed by atoms with Gasteiger partial charge >= 0.3 is 0 Å². The summed E-state index contributed by atoms with van der Waals surface area (Å²) in [6, 6.07) is 14.5. The number of rotatable bonds is 3. The van der Waals surface area contributed by atoms with Gasteiger partial charge in [-0.05, 0) is 63.2 Å². The molecule has 2 aromatic heterocycles. The Hall–Kier alpha value is -2.20. The third kappa shape index (κ3) is 2.86. The van der Waals surface area contributed by atoms with Crippen molar-refractivity contribution in [2.75, 3.05) is 20.1 Å². The number of piperidine rings is 1. The molecule has 0 spiro atoms. The van der Waals surface area contributed by atoms with Crippen LogP contribution >= 0.6 is 0 Å². The molecular formula is C19H22N4. The third-order valence-corrected chi connectivity index (χ3v) is 4.81. The molecule has 0 atom stereocenters. The summed E-state index contributed by atoms with van der Waals surface area (Å²) < 4.78 is 2.23. The Morgan fingerprint density at radius 1 is 1.04 bits per heavy atom. The highest BCUT2D eigenvalue weighted by atomic mass is 15.1. The highest BCUT2D eigenvalue weighted by Gasteiger charge is 2.21. The lowest BCUT2D eigenvalue weighted by Gasteiger charge is -2.28. The van der Waals surface area contributed by atoms with E-state index in [4.69, 9.17) is 4.98 Å². The first-order chi connectivity index (χ1) is 11.3. The fraction of sp³-hybridized carbons (Fsp3) is 0.368. The molecule has 0 aliphatic carbocycles. The van der Waals surface area contributed by atoms with Gasteiger partial charge in [0.1, 0.15) is 11.3 Å². The second kappa shape index (κ2) is 6.13. The molecule has 4 heteroatoms. The van der Waals surface area contributed by atoms with Crippen LogP contribution in [0.3, 0.4) is 0 Å². The Labute approximate surface area is 136 Å². The number of aromatic nitrogens is 3. The molecule has 4 rings (SSSR count). The SMILES string of the molecule is CN1CCC(Cc2nc3cccnc3n2-c2ccccc2)CC1. The van der Waals surface area contributed by atoms with Gasteiger partial charge in [-0.25, -0.2) is 9.97 Å². The summed E-state index contributed by atoms with van der Waals surface area (Å²) in [6.45, 7) is 2.38. The molecule has 0 unspecified atom stereocenters. The van der Waals surface area contributed by atoms with E-state index >= 15 is 0 Å². The highest BCUT2D eigenvalue weighted by Crippen LogP contribution is 2.25. The molecule has 0 saturated carbocycles. The Morgan fingerprint density at radius 3 is 2.61 bits per heavy atom. The number of hydrogen-bond acceptors (Lipinski definition) is 3. The second-order valence-electron chi connectivity index (χ2n) is 6.50. The molecule has 1 aliphatic heterocycles. The normalized spacial score (nSPS) is 16.9. The number of para-hydroxylation sites is 1. The van der Waals surface area contributed by atoms with Crippen LogP contribution in [-0.2, 0) is 6.42 Å². The fourth-order valence-corrected chi connectivity index (χ4v) is 3.47. The van der Waals surface area contributed by atoms with E-state index in [1.807, 2.05) is 18.3 Å². The van der Waals surface area contributed by atoms with E-state index in [0.29, 0.717) is 5.92 Å². The van der Waals surface area contributed by atoms with Gasteiger partial charge in [0.05, 0.1) is 0 Å². The monoisotopic (exact) mass is 306 g/mol. The Balaban J connectivity index is 1.74. The number of likely N-dealkylation sites (tertiary alicyclic amines) is 1. The highest BCUT2D eigenvalue weighted by molar-refractivity contribution is 5.73. The fourth-order valence-electron chi connectivity index (χ4n) is 3.47. The molecule has 1 saturated heterocycles. The zero-order valence-corrected chi connectivity index (χ0v) is 13.5. The predicted octanol–water partition coefficient (Wildman–Crippen LogP) is 3.30. The van der Waals surface area contributed by atoms with E-state index < -0.39 is 0 Å². The van der Waals surface area contributed by atoms with Gasteiger partial charge in [-0.2, -0.15) is 0 Å². The second-order valence-corrected chi connectivity index (χ2v) is 6.50. The van der Waals surface area contributed by atoms with Crippen molar-refractivity contribution >= 4 is 11.2 Å². The molecule has 0 radical (unpaired) electrons. The van der Waals surface area contributed by atoms with Crippen LogP contribution in [0, 0.1) is 5.92 Å². The van der Waals surface area contributed by atoms with Gasteiger partial charge < -0.3 is 4.90 Å². The van der Waals surface area contributed by atoms with Crippen molar-refractivity contribution in [3.63, 3.8) is 0 Å². The minimum Gasteiger partial charge on any atom is -0.306 e. The molecule has 1 fully saturated rings. The molecule has 1 aromatic carbocycles. The molecule has 3 heterocycles. The summed E-state index contributed by atoms with van der Waals surface area (Å²) in [5.74, 6) is 1.85. The van der Waals surface area contributed by atoms with Crippen molar-refractivity contribution in [1.82, 2.24) is 19.4 Å². The van der Waals surface area contributed by atoms with Crippen LogP contribution < -0.4 is 0 Å². The zero-order valence-electron chi connectivity index (χ0n) is 13.5. The molecule has 1 aliphatic rings. The molecule has 4 nitrogen and oxygen atoms in total. The molecule has 0 N–H and O–H groups in total. The van der Waals surface area contributed by atoms with Crippen molar-refractivity contribution in [3.8, 4) is 5.69 Å². The van der Waals surface area contributed by atoms with E-state index in [-0.39, 0.29) is 0 Å². The first kappa shape index (κ1) is 14.4. The first-order valence-electron chi connectivity index (χ1n) is 8.37.